The second-order valence-corrected chi connectivity index (χ2v) is 4.53. The van der Waals surface area contributed by atoms with Crippen molar-refractivity contribution in [2.45, 2.75) is 18.8 Å². The second kappa shape index (κ2) is 4.86. The van der Waals surface area contributed by atoms with Gasteiger partial charge in [0.25, 0.3) is 0 Å². The van der Waals surface area contributed by atoms with Gasteiger partial charge < -0.3 is 10.1 Å². The van der Waals surface area contributed by atoms with Crippen LogP contribution in [0, 0.1) is 0 Å². The van der Waals surface area contributed by atoms with E-state index in [1.807, 2.05) is 6.07 Å². The minimum absolute atomic E-state index is 0. The molecule has 96 valence electrons. The number of fused-ring (bicyclic) bond motifs is 1. The van der Waals surface area contributed by atoms with Gasteiger partial charge in [0.05, 0.1) is 24.5 Å². The van der Waals surface area contributed by atoms with E-state index in [1.165, 1.54) is 0 Å². The highest BCUT2D eigenvalue weighted by Gasteiger charge is 2.19. The molecule has 0 aromatic carbocycles. The fraction of sp³-hybridized carbons (Fsp3) is 0.462. The molecule has 2 aromatic heterocycles. The number of nitrogens with one attached hydrogen (secondary N) is 1. The predicted octanol–water partition coefficient (Wildman–Crippen LogP) is 1.75. The maximum absolute atomic E-state index is 5.19. The van der Waals surface area contributed by atoms with Crippen molar-refractivity contribution in [2.24, 2.45) is 0 Å². The first-order valence-electron chi connectivity index (χ1n) is 6.24. The summed E-state index contributed by atoms with van der Waals surface area (Å²) in [4.78, 5) is 12.9. The maximum Gasteiger partial charge on any atom is 0.213 e. The van der Waals surface area contributed by atoms with Crippen LogP contribution in [-0.4, -0.2) is 35.2 Å². The fourth-order valence-corrected chi connectivity index (χ4v) is 2.49. The van der Waals surface area contributed by atoms with Gasteiger partial charge in [0.15, 0.2) is 0 Å². The Balaban J connectivity index is 0.00000133. The van der Waals surface area contributed by atoms with Crippen molar-refractivity contribution in [3.63, 3.8) is 0 Å². The van der Waals surface area contributed by atoms with Crippen molar-refractivity contribution in [2.75, 3.05) is 20.2 Å². The molecular weight excluding hydrogens is 228 g/mol. The number of nitrogens with zero attached hydrogens (tertiary/aromatic N) is 3. The molecule has 1 N–H and O–H groups in total. The van der Waals surface area contributed by atoms with E-state index in [9.17, 15) is 0 Å². The number of hydrogen-bond donors (Lipinski definition) is 1. The third kappa shape index (κ3) is 2.01. The Kier molecular flexibility index (Phi) is 3.06. The third-order valence-corrected chi connectivity index (χ3v) is 3.46. The van der Waals surface area contributed by atoms with Crippen LogP contribution in [0.4, 0.5) is 0 Å². The van der Waals surface area contributed by atoms with Crippen LogP contribution in [0.25, 0.3) is 10.9 Å². The highest BCUT2D eigenvalue weighted by Crippen LogP contribution is 2.29. The first kappa shape index (κ1) is 11.3. The highest BCUT2D eigenvalue weighted by atomic mass is 16.5. The first-order valence-corrected chi connectivity index (χ1v) is 6.24. The predicted molar refractivity (Wildman–Crippen MR) is 70.8 cm³/mol. The lowest BCUT2D eigenvalue weighted by Crippen LogP contribution is -2.27. The molecule has 3 rings (SSSR count). The van der Waals surface area contributed by atoms with Gasteiger partial charge in [0.1, 0.15) is 6.33 Å². The van der Waals surface area contributed by atoms with Gasteiger partial charge in [-0.05, 0) is 25.9 Å². The largest absolute Gasteiger partial charge is 0.481 e. The Labute approximate surface area is 107 Å². The van der Waals surface area contributed by atoms with Crippen LogP contribution in [0.5, 0.6) is 5.88 Å². The monoisotopic (exact) mass is 246 g/mol. The van der Waals surface area contributed by atoms with Crippen molar-refractivity contribution >= 4 is 10.9 Å². The second-order valence-electron chi connectivity index (χ2n) is 4.53. The summed E-state index contributed by atoms with van der Waals surface area (Å²) in [5.41, 5.74) is 2.02. The Morgan fingerprint density at radius 3 is 2.89 bits per heavy atom. The van der Waals surface area contributed by atoms with Gasteiger partial charge in [-0.2, -0.15) is 0 Å². The Bertz CT molecular complexity index is 557. The molecule has 1 aliphatic rings. The molecule has 0 atom stereocenters. The zero-order valence-corrected chi connectivity index (χ0v) is 10.4. The maximum atomic E-state index is 5.19. The van der Waals surface area contributed by atoms with Crippen LogP contribution in [0.1, 0.15) is 25.9 Å². The molecule has 5 heteroatoms. The van der Waals surface area contributed by atoms with Crippen molar-refractivity contribution < 1.29 is 6.16 Å². The molecule has 3 heterocycles. The number of piperidine rings is 1. The van der Waals surface area contributed by atoms with E-state index in [2.05, 4.69) is 20.3 Å². The molecule has 5 nitrogen and oxygen atoms in total. The van der Waals surface area contributed by atoms with Gasteiger partial charge in [-0.1, -0.05) is 0 Å². The Hall–Kier alpha value is -1.75. The number of hydrogen-bond acceptors (Lipinski definition) is 5. The van der Waals surface area contributed by atoms with Crippen LogP contribution < -0.4 is 10.1 Å². The van der Waals surface area contributed by atoms with Crippen molar-refractivity contribution in [1.29, 1.82) is 0 Å². The standard InChI is InChI=1S/C13H16N4O.H2/c1-18-12-6-10-11(7-15-12)16-8-17-13(10)9-2-4-14-5-3-9;/h6-9,14H,2-5H2,1H3;1H. The van der Waals surface area contributed by atoms with Gasteiger partial charge in [0, 0.05) is 18.8 Å². The SMILES string of the molecule is COc1cc2c(C3CCNCC3)ncnc2cn1.[HH]. The summed E-state index contributed by atoms with van der Waals surface area (Å²) in [5.74, 6) is 1.12. The number of aromatic nitrogens is 3. The fourth-order valence-electron chi connectivity index (χ4n) is 2.49. The summed E-state index contributed by atoms with van der Waals surface area (Å²) >= 11 is 0. The van der Waals surface area contributed by atoms with Crippen molar-refractivity contribution in [3.8, 4) is 5.88 Å². The summed E-state index contributed by atoms with van der Waals surface area (Å²) in [6.07, 6.45) is 5.63. The summed E-state index contributed by atoms with van der Waals surface area (Å²) in [5, 5.41) is 4.44. The minimum Gasteiger partial charge on any atom is -0.481 e. The molecule has 1 fully saturated rings. The van der Waals surface area contributed by atoms with Gasteiger partial charge in [-0.3, -0.25) is 0 Å². The van der Waals surface area contributed by atoms with Crippen molar-refractivity contribution in [1.82, 2.24) is 20.3 Å². The quantitative estimate of drug-likeness (QED) is 0.874. The summed E-state index contributed by atoms with van der Waals surface area (Å²) in [6.45, 7) is 2.11. The van der Waals surface area contributed by atoms with Gasteiger partial charge >= 0.3 is 0 Å². The number of ether oxygens (including phenoxy) is 1. The van der Waals surface area contributed by atoms with Crippen LogP contribution in [0.15, 0.2) is 18.6 Å². The highest BCUT2D eigenvalue weighted by molar-refractivity contribution is 5.81. The van der Waals surface area contributed by atoms with Crippen molar-refractivity contribution in [3.05, 3.63) is 24.3 Å². The zero-order valence-electron chi connectivity index (χ0n) is 10.4. The summed E-state index contributed by atoms with van der Waals surface area (Å²) < 4.78 is 5.19. The van der Waals surface area contributed by atoms with Crippen LogP contribution >= 0.6 is 0 Å². The number of rotatable bonds is 2. The molecule has 0 radical (unpaired) electrons. The van der Waals surface area contributed by atoms with E-state index in [4.69, 9.17) is 4.74 Å². The number of pyridine rings is 1. The molecule has 1 saturated heterocycles. The molecule has 0 amide bonds. The normalized spacial score (nSPS) is 16.9. The zero-order chi connectivity index (χ0) is 12.4. The molecule has 0 aliphatic carbocycles. The summed E-state index contributed by atoms with van der Waals surface area (Å²) in [6, 6.07) is 1.94. The summed E-state index contributed by atoms with van der Waals surface area (Å²) in [7, 11) is 1.63. The lowest BCUT2D eigenvalue weighted by molar-refractivity contribution is 0.398. The van der Waals surface area contributed by atoms with Gasteiger partial charge in [0.2, 0.25) is 5.88 Å². The molecule has 0 bridgehead atoms. The topological polar surface area (TPSA) is 59.9 Å². The van der Waals surface area contributed by atoms with E-state index in [-0.39, 0.29) is 1.43 Å². The molecule has 0 unspecified atom stereocenters. The molecule has 1 aliphatic heterocycles. The lowest BCUT2D eigenvalue weighted by Gasteiger charge is -2.22. The van der Waals surface area contributed by atoms with Crippen LogP contribution in [0.3, 0.4) is 0 Å². The third-order valence-electron chi connectivity index (χ3n) is 3.46. The molecule has 18 heavy (non-hydrogen) atoms. The van der Waals surface area contributed by atoms with Gasteiger partial charge in [-0.15, -0.1) is 0 Å². The molecule has 2 aromatic rings. The lowest BCUT2D eigenvalue weighted by atomic mass is 9.92. The van der Waals surface area contributed by atoms with E-state index >= 15 is 0 Å². The van der Waals surface area contributed by atoms with E-state index in [0.717, 1.165) is 42.5 Å². The van der Waals surface area contributed by atoms with E-state index in [1.54, 1.807) is 19.6 Å². The average molecular weight is 246 g/mol. The molecule has 0 saturated carbocycles. The first-order chi connectivity index (χ1) is 8.88. The van der Waals surface area contributed by atoms with Crippen LogP contribution in [-0.2, 0) is 0 Å². The Morgan fingerprint density at radius 1 is 1.28 bits per heavy atom. The minimum atomic E-state index is 0. The van der Waals surface area contributed by atoms with Gasteiger partial charge in [-0.25, -0.2) is 15.0 Å². The smallest absolute Gasteiger partial charge is 0.213 e. The Morgan fingerprint density at radius 2 is 2.11 bits per heavy atom. The average Bonchev–Trinajstić information content (AvgIpc) is 2.47. The van der Waals surface area contributed by atoms with E-state index < -0.39 is 0 Å². The van der Waals surface area contributed by atoms with Crippen LogP contribution in [0.2, 0.25) is 0 Å². The number of methoxy groups -OCH3 is 1. The van der Waals surface area contributed by atoms with E-state index in [0.29, 0.717) is 11.8 Å². The molecular formula is C13H18N4O. The molecule has 0 spiro atoms.